The molecule has 160 valence electrons. The van der Waals surface area contributed by atoms with Crippen LogP contribution in [-0.4, -0.2) is 30.3 Å². The molecule has 0 unspecified atom stereocenters. The molecule has 0 amide bonds. The first-order valence-electron chi connectivity index (χ1n) is 9.50. The van der Waals surface area contributed by atoms with E-state index in [0.29, 0.717) is 17.1 Å². The summed E-state index contributed by atoms with van der Waals surface area (Å²) >= 11 is 0. The molecule has 0 atom stereocenters. The molecule has 3 rings (SSSR count). The number of phenols is 1. The van der Waals surface area contributed by atoms with Crippen LogP contribution in [0.15, 0.2) is 73.1 Å². The maximum absolute atomic E-state index is 12.1. The van der Waals surface area contributed by atoms with Gasteiger partial charge in [-0.2, -0.15) is 0 Å². The Labute approximate surface area is 180 Å². The third-order valence-corrected chi connectivity index (χ3v) is 4.32. The van der Waals surface area contributed by atoms with E-state index in [1.54, 1.807) is 18.3 Å². The van der Waals surface area contributed by atoms with E-state index in [1.807, 2.05) is 36.4 Å². The lowest BCUT2D eigenvalue weighted by Gasteiger charge is -2.14. The second-order valence-electron chi connectivity index (χ2n) is 6.48. The molecular weight excluding hydrogens is 398 g/mol. The van der Waals surface area contributed by atoms with Crippen molar-refractivity contribution < 1.29 is 28.8 Å². The maximum atomic E-state index is 12.1. The van der Waals surface area contributed by atoms with Crippen LogP contribution >= 0.6 is 0 Å². The molecule has 0 bridgehead atoms. The lowest BCUT2D eigenvalue weighted by atomic mass is 10.0. The van der Waals surface area contributed by atoms with Crippen molar-refractivity contribution in [2.45, 2.75) is 13.2 Å². The monoisotopic (exact) mass is 421 g/mol. The molecule has 31 heavy (non-hydrogen) atoms. The fraction of sp³-hybridized carbons (Fsp3) is 0.167. The lowest BCUT2D eigenvalue weighted by molar-refractivity contribution is -0.133. The fourth-order valence-electron chi connectivity index (χ4n) is 2.88. The van der Waals surface area contributed by atoms with Gasteiger partial charge in [-0.3, -0.25) is 4.98 Å². The Kier molecular flexibility index (Phi) is 7.48. The van der Waals surface area contributed by atoms with Gasteiger partial charge in [0.2, 0.25) is 0 Å². The van der Waals surface area contributed by atoms with E-state index in [-0.39, 0.29) is 24.5 Å². The highest BCUT2D eigenvalue weighted by molar-refractivity contribution is 6.16. The quantitative estimate of drug-likeness (QED) is 0.316. The Bertz CT molecular complexity index is 1050. The molecule has 0 aliphatic heterocycles. The molecule has 2 aromatic carbocycles. The van der Waals surface area contributed by atoms with Crippen LogP contribution in [0.25, 0.3) is 5.57 Å². The van der Waals surface area contributed by atoms with Crippen molar-refractivity contribution in [1.82, 2.24) is 4.98 Å². The molecule has 1 aromatic heterocycles. The van der Waals surface area contributed by atoms with Crippen LogP contribution in [0, 0.1) is 0 Å². The predicted molar refractivity (Wildman–Crippen MR) is 114 cm³/mol. The number of benzene rings is 2. The van der Waals surface area contributed by atoms with Crippen molar-refractivity contribution in [3.8, 4) is 17.2 Å². The fourth-order valence-corrected chi connectivity index (χ4v) is 2.88. The predicted octanol–water partition coefficient (Wildman–Crippen LogP) is 4.11. The van der Waals surface area contributed by atoms with Gasteiger partial charge < -0.3 is 24.1 Å². The molecule has 0 aliphatic rings. The minimum absolute atomic E-state index is 0.0105. The number of carbonyl (C=O) groups is 1. The van der Waals surface area contributed by atoms with Gasteiger partial charge in [-0.05, 0) is 23.3 Å². The molecule has 1 N–H and O–H groups in total. The SMILES string of the molecule is CO/C=C(/C(=O)OC)c1ccccc1COc1cc(O)cc(OCc2ccccn2)c1. The van der Waals surface area contributed by atoms with Crippen molar-refractivity contribution in [2.75, 3.05) is 14.2 Å². The number of hydrogen-bond acceptors (Lipinski definition) is 7. The van der Waals surface area contributed by atoms with Gasteiger partial charge >= 0.3 is 5.97 Å². The van der Waals surface area contributed by atoms with Gasteiger partial charge in [0.25, 0.3) is 0 Å². The number of ether oxygens (including phenoxy) is 4. The Hall–Kier alpha value is -4.00. The summed E-state index contributed by atoms with van der Waals surface area (Å²) in [4.78, 5) is 16.3. The van der Waals surface area contributed by atoms with Gasteiger partial charge in [-0.1, -0.05) is 30.3 Å². The number of aromatic nitrogens is 1. The largest absolute Gasteiger partial charge is 0.508 e. The van der Waals surface area contributed by atoms with E-state index in [1.165, 1.54) is 32.6 Å². The number of rotatable bonds is 9. The summed E-state index contributed by atoms with van der Waals surface area (Å²) in [5.74, 6) is 0.359. The number of methoxy groups -OCH3 is 2. The number of nitrogens with zero attached hydrogens (tertiary/aromatic N) is 1. The van der Waals surface area contributed by atoms with Crippen LogP contribution in [-0.2, 0) is 27.5 Å². The van der Waals surface area contributed by atoms with Crippen LogP contribution in [0.3, 0.4) is 0 Å². The molecule has 0 saturated heterocycles. The number of carbonyl (C=O) groups excluding carboxylic acids is 1. The van der Waals surface area contributed by atoms with Gasteiger partial charge in [0.05, 0.1) is 26.2 Å². The molecule has 0 fully saturated rings. The van der Waals surface area contributed by atoms with Gasteiger partial charge in [0, 0.05) is 24.4 Å². The number of pyridine rings is 1. The third-order valence-electron chi connectivity index (χ3n) is 4.32. The number of esters is 1. The van der Waals surface area contributed by atoms with E-state index < -0.39 is 5.97 Å². The maximum Gasteiger partial charge on any atom is 0.341 e. The highest BCUT2D eigenvalue weighted by Crippen LogP contribution is 2.29. The summed E-state index contributed by atoms with van der Waals surface area (Å²) in [7, 11) is 2.77. The van der Waals surface area contributed by atoms with E-state index in [0.717, 1.165) is 11.3 Å². The van der Waals surface area contributed by atoms with Crippen LogP contribution in [0.4, 0.5) is 0 Å². The summed E-state index contributed by atoms with van der Waals surface area (Å²) in [6.45, 7) is 0.411. The molecule has 3 aromatic rings. The Balaban J connectivity index is 1.75. The Morgan fingerprint density at radius 2 is 1.68 bits per heavy atom. The Morgan fingerprint density at radius 3 is 2.35 bits per heavy atom. The first-order valence-corrected chi connectivity index (χ1v) is 9.50. The van der Waals surface area contributed by atoms with Gasteiger partial charge in [-0.15, -0.1) is 0 Å². The van der Waals surface area contributed by atoms with Crippen molar-refractivity contribution in [2.24, 2.45) is 0 Å². The van der Waals surface area contributed by atoms with Crippen molar-refractivity contribution in [3.63, 3.8) is 0 Å². The molecule has 0 aliphatic carbocycles. The van der Waals surface area contributed by atoms with Crippen molar-refractivity contribution >= 4 is 11.5 Å². The van der Waals surface area contributed by atoms with Crippen LogP contribution < -0.4 is 9.47 Å². The number of aromatic hydroxyl groups is 1. The molecule has 7 nitrogen and oxygen atoms in total. The molecule has 0 saturated carbocycles. The Morgan fingerprint density at radius 1 is 0.968 bits per heavy atom. The summed E-state index contributed by atoms with van der Waals surface area (Å²) in [5, 5.41) is 10.0. The van der Waals surface area contributed by atoms with Crippen molar-refractivity contribution in [1.29, 1.82) is 0 Å². The van der Waals surface area contributed by atoms with Crippen LogP contribution in [0.1, 0.15) is 16.8 Å². The van der Waals surface area contributed by atoms with Crippen LogP contribution in [0.5, 0.6) is 17.2 Å². The zero-order chi connectivity index (χ0) is 22.1. The lowest BCUT2D eigenvalue weighted by Crippen LogP contribution is -2.08. The van der Waals surface area contributed by atoms with Gasteiger partial charge in [0.1, 0.15) is 36.0 Å². The number of phenolic OH excluding ortho intramolecular Hbond substituents is 1. The molecule has 0 radical (unpaired) electrons. The second kappa shape index (κ2) is 10.7. The number of hydrogen-bond donors (Lipinski definition) is 1. The molecule has 1 heterocycles. The molecule has 0 spiro atoms. The zero-order valence-corrected chi connectivity index (χ0v) is 17.3. The first-order chi connectivity index (χ1) is 15.1. The summed E-state index contributed by atoms with van der Waals surface area (Å²) in [5.41, 5.74) is 2.42. The summed E-state index contributed by atoms with van der Waals surface area (Å²) < 4.78 is 21.5. The van der Waals surface area contributed by atoms with E-state index in [2.05, 4.69) is 4.98 Å². The smallest absolute Gasteiger partial charge is 0.341 e. The summed E-state index contributed by atoms with van der Waals surface area (Å²) in [6, 6.07) is 17.5. The van der Waals surface area contributed by atoms with Crippen molar-refractivity contribution in [3.05, 3.63) is 89.9 Å². The summed E-state index contributed by atoms with van der Waals surface area (Å²) in [6.07, 6.45) is 3.02. The minimum atomic E-state index is -0.517. The minimum Gasteiger partial charge on any atom is -0.508 e. The molecule has 7 heteroatoms. The second-order valence-corrected chi connectivity index (χ2v) is 6.48. The van der Waals surface area contributed by atoms with E-state index >= 15 is 0 Å². The average Bonchev–Trinajstić information content (AvgIpc) is 2.80. The van der Waals surface area contributed by atoms with Crippen LogP contribution in [0.2, 0.25) is 0 Å². The van der Waals surface area contributed by atoms with E-state index in [4.69, 9.17) is 18.9 Å². The van der Waals surface area contributed by atoms with E-state index in [9.17, 15) is 9.90 Å². The highest BCUT2D eigenvalue weighted by Gasteiger charge is 2.17. The van der Waals surface area contributed by atoms with Gasteiger partial charge in [0.15, 0.2) is 0 Å². The first kappa shape index (κ1) is 21.7. The topological polar surface area (TPSA) is 87.1 Å². The van der Waals surface area contributed by atoms with Gasteiger partial charge in [-0.25, -0.2) is 4.79 Å². The molecular formula is C24H23NO6. The highest BCUT2D eigenvalue weighted by atomic mass is 16.5. The normalized spacial score (nSPS) is 11.0. The standard InChI is InChI=1S/C24H23NO6/c1-28-16-23(24(27)29-2)22-9-4-3-7-17(22)14-30-20-11-19(26)12-21(13-20)31-15-18-8-5-6-10-25-18/h3-13,16,26H,14-15H2,1-2H3/b23-16+. The zero-order valence-electron chi connectivity index (χ0n) is 17.3. The third kappa shape index (κ3) is 5.99. The average molecular weight is 421 g/mol.